The van der Waals surface area contributed by atoms with Crippen LogP contribution in [0.1, 0.15) is 37.9 Å². The van der Waals surface area contributed by atoms with Crippen molar-refractivity contribution in [3.8, 4) is 6.07 Å². The second-order valence-corrected chi connectivity index (χ2v) is 4.76. The molecule has 1 aliphatic rings. The van der Waals surface area contributed by atoms with Crippen molar-refractivity contribution >= 4 is 16.7 Å². The van der Waals surface area contributed by atoms with Gasteiger partial charge >= 0.3 is 0 Å². The van der Waals surface area contributed by atoms with Gasteiger partial charge in [-0.3, -0.25) is 0 Å². The van der Waals surface area contributed by atoms with Gasteiger partial charge in [-0.15, -0.1) is 0 Å². The van der Waals surface area contributed by atoms with Gasteiger partial charge in [-0.1, -0.05) is 0 Å². The highest BCUT2D eigenvalue weighted by molar-refractivity contribution is 7.09. The number of aromatic nitrogens is 2. The van der Waals surface area contributed by atoms with Crippen molar-refractivity contribution in [3.63, 3.8) is 0 Å². The van der Waals surface area contributed by atoms with Crippen molar-refractivity contribution in [2.24, 2.45) is 0 Å². The molecule has 1 saturated carbocycles. The molecule has 1 unspecified atom stereocenters. The maximum absolute atomic E-state index is 8.63. The van der Waals surface area contributed by atoms with E-state index in [1.165, 1.54) is 24.4 Å². The zero-order valence-corrected chi connectivity index (χ0v) is 9.79. The Morgan fingerprint density at radius 3 is 3.00 bits per heavy atom. The summed E-state index contributed by atoms with van der Waals surface area (Å²) in [6, 6.07) is 2.38. The molecule has 0 radical (unpaired) electrons. The summed E-state index contributed by atoms with van der Waals surface area (Å²) in [7, 11) is 1.97. The van der Waals surface area contributed by atoms with Gasteiger partial charge in [-0.05, 0) is 19.8 Å². The van der Waals surface area contributed by atoms with E-state index >= 15 is 0 Å². The second kappa shape index (κ2) is 4.15. The smallest absolute Gasteiger partial charge is 0.205 e. The molecule has 1 atom stereocenters. The van der Waals surface area contributed by atoms with Crippen LogP contribution in [0.2, 0.25) is 0 Å². The summed E-state index contributed by atoms with van der Waals surface area (Å²) < 4.78 is 4.35. The molecule has 2 rings (SSSR count). The van der Waals surface area contributed by atoms with Crippen molar-refractivity contribution in [3.05, 3.63) is 5.82 Å². The Bertz CT molecular complexity index is 377. The molecule has 1 aromatic heterocycles. The van der Waals surface area contributed by atoms with Gasteiger partial charge in [0.1, 0.15) is 5.82 Å². The lowest BCUT2D eigenvalue weighted by atomic mass is 10.2. The Balaban J connectivity index is 2.04. The molecule has 80 valence electrons. The maximum atomic E-state index is 8.63. The first kappa shape index (κ1) is 10.4. The molecular formula is C10H14N4S. The van der Waals surface area contributed by atoms with Crippen molar-refractivity contribution in [2.75, 3.05) is 11.9 Å². The van der Waals surface area contributed by atoms with E-state index in [9.17, 15) is 0 Å². The van der Waals surface area contributed by atoms with Crippen LogP contribution in [0.4, 0.5) is 5.13 Å². The van der Waals surface area contributed by atoms with Crippen molar-refractivity contribution in [2.45, 2.75) is 38.1 Å². The lowest BCUT2D eigenvalue weighted by Crippen LogP contribution is -2.28. The third-order valence-corrected chi connectivity index (χ3v) is 3.54. The average molecular weight is 222 g/mol. The molecule has 0 spiro atoms. The minimum atomic E-state index is 0.204. The first-order valence-corrected chi connectivity index (χ1v) is 5.93. The van der Waals surface area contributed by atoms with Crippen molar-refractivity contribution < 1.29 is 0 Å². The van der Waals surface area contributed by atoms with Gasteiger partial charge in [0.2, 0.25) is 5.13 Å². The predicted molar refractivity (Wildman–Crippen MR) is 60.0 cm³/mol. The molecular weight excluding hydrogens is 208 g/mol. The standard InChI is InChI=1S/C10H14N4S/c1-7(5-6-11)14(2)10-12-9(13-15-10)8-3-4-8/h7-8H,3-5H2,1-2H3. The van der Waals surface area contributed by atoms with E-state index in [1.54, 1.807) is 0 Å². The topological polar surface area (TPSA) is 52.8 Å². The van der Waals surface area contributed by atoms with Crippen molar-refractivity contribution in [1.82, 2.24) is 9.36 Å². The van der Waals surface area contributed by atoms with Gasteiger partial charge in [0.15, 0.2) is 0 Å². The van der Waals surface area contributed by atoms with Crippen LogP contribution in [-0.4, -0.2) is 22.4 Å². The Morgan fingerprint density at radius 1 is 1.67 bits per heavy atom. The fourth-order valence-electron chi connectivity index (χ4n) is 1.33. The number of hydrogen-bond acceptors (Lipinski definition) is 5. The summed E-state index contributed by atoms with van der Waals surface area (Å²) in [5.74, 6) is 1.60. The van der Waals surface area contributed by atoms with Crippen LogP contribution in [0.3, 0.4) is 0 Å². The summed E-state index contributed by atoms with van der Waals surface area (Å²) in [4.78, 5) is 6.53. The molecule has 1 heterocycles. The fraction of sp³-hybridized carbons (Fsp3) is 0.700. The number of nitriles is 1. The van der Waals surface area contributed by atoms with E-state index in [-0.39, 0.29) is 6.04 Å². The van der Waals surface area contributed by atoms with E-state index in [1.807, 2.05) is 18.9 Å². The van der Waals surface area contributed by atoms with Crippen LogP contribution in [0.5, 0.6) is 0 Å². The predicted octanol–water partition coefficient (Wildman–Crippen LogP) is 2.15. The molecule has 0 bridgehead atoms. The molecule has 0 amide bonds. The average Bonchev–Trinajstić information content (AvgIpc) is 2.96. The number of rotatable bonds is 4. The molecule has 0 aliphatic heterocycles. The van der Waals surface area contributed by atoms with E-state index in [2.05, 4.69) is 15.4 Å². The largest absolute Gasteiger partial charge is 0.346 e. The van der Waals surface area contributed by atoms with E-state index in [0.29, 0.717) is 12.3 Å². The minimum Gasteiger partial charge on any atom is -0.346 e. The number of hydrogen-bond donors (Lipinski definition) is 0. The summed E-state index contributed by atoms with van der Waals surface area (Å²) in [6.45, 7) is 2.03. The molecule has 4 nitrogen and oxygen atoms in total. The van der Waals surface area contributed by atoms with E-state index in [4.69, 9.17) is 5.26 Å². The summed E-state index contributed by atoms with van der Waals surface area (Å²) in [5.41, 5.74) is 0. The van der Waals surface area contributed by atoms with Crippen LogP contribution >= 0.6 is 11.5 Å². The van der Waals surface area contributed by atoms with Crippen LogP contribution in [0, 0.1) is 11.3 Å². The third kappa shape index (κ3) is 2.26. The summed E-state index contributed by atoms with van der Waals surface area (Å²) in [5, 5.41) is 9.56. The Kier molecular flexibility index (Phi) is 2.87. The fourth-order valence-corrected chi connectivity index (χ4v) is 2.14. The first-order chi connectivity index (χ1) is 7.22. The Hall–Kier alpha value is -1.15. The highest BCUT2D eigenvalue weighted by atomic mass is 32.1. The lowest BCUT2D eigenvalue weighted by molar-refractivity contribution is 0.699. The Labute approximate surface area is 93.7 Å². The Morgan fingerprint density at radius 2 is 2.40 bits per heavy atom. The number of anilines is 1. The molecule has 1 aromatic rings. The third-order valence-electron chi connectivity index (χ3n) is 2.72. The van der Waals surface area contributed by atoms with Gasteiger partial charge in [0, 0.05) is 30.5 Å². The molecule has 1 aliphatic carbocycles. The zero-order chi connectivity index (χ0) is 10.8. The van der Waals surface area contributed by atoms with E-state index < -0.39 is 0 Å². The SMILES string of the molecule is CC(CC#N)N(C)c1nc(C2CC2)ns1. The molecule has 15 heavy (non-hydrogen) atoms. The molecule has 0 saturated heterocycles. The summed E-state index contributed by atoms with van der Waals surface area (Å²) in [6.07, 6.45) is 2.98. The number of nitrogens with zero attached hydrogens (tertiary/aromatic N) is 4. The summed E-state index contributed by atoms with van der Waals surface area (Å²) >= 11 is 1.44. The van der Waals surface area contributed by atoms with Gasteiger partial charge in [0.25, 0.3) is 0 Å². The molecule has 0 N–H and O–H groups in total. The van der Waals surface area contributed by atoms with Gasteiger partial charge in [-0.25, -0.2) is 4.98 Å². The van der Waals surface area contributed by atoms with Gasteiger partial charge in [-0.2, -0.15) is 9.64 Å². The second-order valence-electron chi connectivity index (χ2n) is 4.03. The van der Waals surface area contributed by atoms with Gasteiger partial charge < -0.3 is 4.90 Å². The maximum Gasteiger partial charge on any atom is 0.205 e. The van der Waals surface area contributed by atoms with Crippen molar-refractivity contribution in [1.29, 1.82) is 5.26 Å². The first-order valence-electron chi connectivity index (χ1n) is 5.15. The van der Waals surface area contributed by atoms with Crippen LogP contribution in [0.25, 0.3) is 0 Å². The van der Waals surface area contributed by atoms with Crippen LogP contribution < -0.4 is 4.90 Å². The quantitative estimate of drug-likeness (QED) is 0.783. The zero-order valence-electron chi connectivity index (χ0n) is 8.97. The van der Waals surface area contributed by atoms with Crippen LogP contribution in [0.15, 0.2) is 0 Å². The normalized spacial score (nSPS) is 17.1. The molecule has 0 aromatic carbocycles. The van der Waals surface area contributed by atoms with Gasteiger partial charge in [0.05, 0.1) is 12.5 Å². The molecule has 1 fully saturated rings. The van der Waals surface area contributed by atoms with E-state index in [0.717, 1.165) is 11.0 Å². The minimum absolute atomic E-state index is 0.204. The monoisotopic (exact) mass is 222 g/mol. The highest BCUT2D eigenvalue weighted by Gasteiger charge is 2.28. The highest BCUT2D eigenvalue weighted by Crippen LogP contribution is 2.39. The van der Waals surface area contributed by atoms with Crippen LogP contribution in [-0.2, 0) is 0 Å². The lowest BCUT2D eigenvalue weighted by Gasteiger charge is -2.21. The molecule has 5 heteroatoms.